The fourth-order valence-corrected chi connectivity index (χ4v) is 2.39. The molecule has 130 valence electrons. The predicted molar refractivity (Wildman–Crippen MR) is 85.1 cm³/mol. The molecular formula is C18H13F3O4. The van der Waals surface area contributed by atoms with Crippen molar-refractivity contribution in [1.82, 2.24) is 0 Å². The van der Waals surface area contributed by atoms with Crippen LogP contribution >= 0.6 is 0 Å². The molecule has 1 N–H and O–H groups in total. The lowest BCUT2D eigenvalue weighted by Crippen LogP contribution is -2.15. The van der Waals surface area contributed by atoms with Gasteiger partial charge in [-0.2, -0.15) is 13.2 Å². The van der Waals surface area contributed by atoms with Gasteiger partial charge in [0.25, 0.3) is 5.76 Å². The van der Waals surface area contributed by atoms with Gasteiger partial charge in [0.2, 0.25) is 11.2 Å². The van der Waals surface area contributed by atoms with E-state index in [0.717, 1.165) is 11.6 Å². The van der Waals surface area contributed by atoms with Gasteiger partial charge in [0.1, 0.15) is 17.1 Å². The SMILES string of the molecule is Cc1cccc(Oc2c(C(F)(F)F)oc3cc(O)ccc3c2=O)c1C. The highest BCUT2D eigenvalue weighted by molar-refractivity contribution is 5.79. The first kappa shape index (κ1) is 16.9. The summed E-state index contributed by atoms with van der Waals surface area (Å²) in [5.74, 6) is -2.65. The van der Waals surface area contributed by atoms with Crippen molar-refractivity contribution in [3.05, 3.63) is 63.5 Å². The van der Waals surface area contributed by atoms with E-state index in [1.54, 1.807) is 26.0 Å². The van der Waals surface area contributed by atoms with Crippen molar-refractivity contribution in [2.24, 2.45) is 0 Å². The second-order valence-electron chi connectivity index (χ2n) is 5.57. The zero-order valence-corrected chi connectivity index (χ0v) is 13.3. The second kappa shape index (κ2) is 5.84. The normalized spacial score (nSPS) is 11.7. The minimum Gasteiger partial charge on any atom is -0.508 e. The molecule has 0 saturated carbocycles. The third-order valence-corrected chi connectivity index (χ3v) is 3.86. The first-order valence-electron chi connectivity index (χ1n) is 7.29. The lowest BCUT2D eigenvalue weighted by molar-refractivity contribution is -0.154. The van der Waals surface area contributed by atoms with Crippen molar-refractivity contribution >= 4 is 11.0 Å². The van der Waals surface area contributed by atoms with Crippen LogP contribution in [0.15, 0.2) is 45.6 Å². The van der Waals surface area contributed by atoms with Crippen LogP contribution < -0.4 is 10.2 Å². The average Bonchev–Trinajstić information content (AvgIpc) is 2.52. The smallest absolute Gasteiger partial charge is 0.453 e. The molecule has 0 bridgehead atoms. The molecule has 0 aliphatic heterocycles. The molecule has 3 rings (SSSR count). The Kier molecular flexibility index (Phi) is 3.94. The Bertz CT molecular complexity index is 1020. The Hall–Kier alpha value is -2.96. The number of ether oxygens (including phenoxy) is 1. The van der Waals surface area contributed by atoms with E-state index in [-0.39, 0.29) is 22.5 Å². The van der Waals surface area contributed by atoms with E-state index in [0.29, 0.717) is 5.56 Å². The maximum absolute atomic E-state index is 13.4. The molecule has 0 aliphatic rings. The van der Waals surface area contributed by atoms with Crippen LogP contribution in [0.3, 0.4) is 0 Å². The van der Waals surface area contributed by atoms with Crippen molar-refractivity contribution < 1.29 is 27.4 Å². The number of aryl methyl sites for hydroxylation is 1. The predicted octanol–water partition coefficient (Wildman–Crippen LogP) is 4.93. The Morgan fingerprint density at radius 2 is 1.84 bits per heavy atom. The van der Waals surface area contributed by atoms with Crippen LogP contribution in [-0.4, -0.2) is 5.11 Å². The number of benzene rings is 2. The summed E-state index contributed by atoms with van der Waals surface area (Å²) in [6, 6.07) is 8.20. The third-order valence-electron chi connectivity index (χ3n) is 3.86. The number of phenols is 1. The molecule has 0 aliphatic carbocycles. The van der Waals surface area contributed by atoms with Crippen LogP contribution in [0.2, 0.25) is 0 Å². The third kappa shape index (κ3) is 3.05. The van der Waals surface area contributed by atoms with Crippen LogP contribution in [0.4, 0.5) is 13.2 Å². The highest BCUT2D eigenvalue weighted by Gasteiger charge is 2.40. The van der Waals surface area contributed by atoms with Crippen LogP contribution in [0.5, 0.6) is 17.2 Å². The Labute approximate surface area is 140 Å². The number of aromatic hydroxyl groups is 1. The summed E-state index contributed by atoms with van der Waals surface area (Å²) in [5, 5.41) is 9.29. The van der Waals surface area contributed by atoms with Crippen molar-refractivity contribution in [2.75, 3.05) is 0 Å². The summed E-state index contributed by atoms with van der Waals surface area (Å²) in [5.41, 5.74) is 0.0853. The number of hydrogen-bond acceptors (Lipinski definition) is 4. The fourth-order valence-electron chi connectivity index (χ4n) is 2.39. The molecule has 1 heterocycles. The molecule has 0 atom stereocenters. The molecule has 0 saturated heterocycles. The zero-order chi connectivity index (χ0) is 18.4. The number of rotatable bonds is 2. The first-order valence-corrected chi connectivity index (χ1v) is 7.29. The summed E-state index contributed by atoms with van der Waals surface area (Å²) in [6.45, 7) is 3.46. The molecule has 3 aromatic rings. The summed E-state index contributed by atoms with van der Waals surface area (Å²) in [4.78, 5) is 12.5. The van der Waals surface area contributed by atoms with Crippen molar-refractivity contribution in [1.29, 1.82) is 0 Å². The quantitative estimate of drug-likeness (QED) is 0.712. The fraction of sp³-hybridized carbons (Fsp3) is 0.167. The standard InChI is InChI=1S/C18H13F3O4/c1-9-4-3-5-13(10(9)2)24-16-15(23)12-7-6-11(22)8-14(12)25-17(16)18(19,20)21/h3-8,22H,1-2H3. The maximum atomic E-state index is 13.4. The maximum Gasteiger partial charge on any atom is 0.453 e. The zero-order valence-electron chi connectivity index (χ0n) is 13.3. The van der Waals surface area contributed by atoms with Gasteiger partial charge in [-0.1, -0.05) is 12.1 Å². The molecular weight excluding hydrogens is 337 g/mol. The van der Waals surface area contributed by atoms with Gasteiger partial charge in [-0.25, -0.2) is 0 Å². The highest BCUT2D eigenvalue weighted by atomic mass is 19.4. The van der Waals surface area contributed by atoms with E-state index < -0.39 is 23.1 Å². The number of hydrogen-bond donors (Lipinski definition) is 1. The van der Waals surface area contributed by atoms with E-state index in [2.05, 4.69) is 0 Å². The van der Waals surface area contributed by atoms with Crippen molar-refractivity contribution in [3.63, 3.8) is 0 Å². The summed E-state index contributed by atoms with van der Waals surface area (Å²) in [6.07, 6.45) is -4.94. The summed E-state index contributed by atoms with van der Waals surface area (Å²) < 4.78 is 50.3. The number of alkyl halides is 3. The summed E-state index contributed by atoms with van der Waals surface area (Å²) in [7, 11) is 0. The second-order valence-corrected chi connectivity index (χ2v) is 5.57. The van der Waals surface area contributed by atoms with Crippen LogP contribution in [0, 0.1) is 13.8 Å². The van der Waals surface area contributed by atoms with Crippen molar-refractivity contribution in [3.8, 4) is 17.2 Å². The van der Waals surface area contributed by atoms with Crippen LogP contribution in [0.1, 0.15) is 16.9 Å². The lowest BCUT2D eigenvalue weighted by Gasteiger charge is -2.15. The topological polar surface area (TPSA) is 59.7 Å². The monoisotopic (exact) mass is 350 g/mol. The molecule has 7 heteroatoms. The molecule has 0 radical (unpaired) electrons. The number of fused-ring (bicyclic) bond motifs is 1. The largest absolute Gasteiger partial charge is 0.508 e. The molecule has 25 heavy (non-hydrogen) atoms. The van der Waals surface area contributed by atoms with Gasteiger partial charge in [0.15, 0.2) is 0 Å². The molecule has 1 aromatic heterocycles. The number of halogens is 3. The van der Waals surface area contributed by atoms with Gasteiger partial charge in [-0.3, -0.25) is 4.79 Å². The van der Waals surface area contributed by atoms with Gasteiger partial charge < -0.3 is 14.3 Å². The molecule has 0 spiro atoms. The van der Waals surface area contributed by atoms with Gasteiger partial charge in [0, 0.05) is 6.07 Å². The molecule has 4 nitrogen and oxygen atoms in total. The van der Waals surface area contributed by atoms with Gasteiger partial charge >= 0.3 is 6.18 Å². The van der Waals surface area contributed by atoms with E-state index >= 15 is 0 Å². The lowest BCUT2D eigenvalue weighted by atomic mass is 10.1. The van der Waals surface area contributed by atoms with Crippen LogP contribution in [0.25, 0.3) is 11.0 Å². The van der Waals surface area contributed by atoms with Gasteiger partial charge in [-0.05, 0) is 43.2 Å². The highest BCUT2D eigenvalue weighted by Crippen LogP contribution is 2.39. The van der Waals surface area contributed by atoms with E-state index in [9.17, 15) is 23.1 Å². The van der Waals surface area contributed by atoms with Crippen LogP contribution in [-0.2, 0) is 6.18 Å². The van der Waals surface area contributed by atoms with Gasteiger partial charge in [-0.15, -0.1) is 0 Å². The minimum absolute atomic E-state index is 0.119. The average molecular weight is 350 g/mol. The Morgan fingerprint density at radius 1 is 1.12 bits per heavy atom. The van der Waals surface area contributed by atoms with E-state index in [1.807, 2.05) is 0 Å². The Morgan fingerprint density at radius 3 is 2.52 bits per heavy atom. The minimum atomic E-state index is -4.94. The van der Waals surface area contributed by atoms with Gasteiger partial charge in [0.05, 0.1) is 5.39 Å². The number of phenolic OH excluding ortho intramolecular Hbond substituents is 1. The molecule has 0 unspecified atom stereocenters. The van der Waals surface area contributed by atoms with E-state index in [4.69, 9.17) is 9.15 Å². The Balaban J connectivity index is 2.29. The van der Waals surface area contributed by atoms with E-state index in [1.165, 1.54) is 18.2 Å². The first-order chi connectivity index (χ1) is 11.7. The van der Waals surface area contributed by atoms with Crippen molar-refractivity contribution in [2.45, 2.75) is 20.0 Å². The molecule has 2 aromatic carbocycles. The summed E-state index contributed by atoms with van der Waals surface area (Å²) >= 11 is 0. The molecule has 0 fully saturated rings. The molecule has 0 amide bonds.